The molecule has 0 unspecified atom stereocenters. The van der Waals surface area contributed by atoms with E-state index in [-0.39, 0.29) is 19.0 Å². The molecule has 0 N–H and O–H groups in total. The summed E-state index contributed by atoms with van der Waals surface area (Å²) in [6.07, 6.45) is 4.90. The number of hydrogen-bond donors (Lipinski definition) is 0. The maximum atomic E-state index is 13.1. The Morgan fingerprint density at radius 1 is 1.12 bits per heavy atom. The normalized spacial score (nSPS) is 15.4. The van der Waals surface area contributed by atoms with Crippen molar-refractivity contribution < 1.29 is 13.2 Å². The van der Waals surface area contributed by atoms with E-state index in [1.54, 1.807) is 41.6 Å². The number of carbonyl (C=O) groups excluding carboxylic acids is 1. The maximum absolute atomic E-state index is 13.1. The van der Waals surface area contributed by atoms with Gasteiger partial charge < -0.3 is 4.90 Å². The van der Waals surface area contributed by atoms with Gasteiger partial charge in [0, 0.05) is 54.6 Å². The number of nitrogens with zero attached hydrogens (tertiary/aromatic N) is 4. The van der Waals surface area contributed by atoms with Crippen LogP contribution in [-0.2, 0) is 10.0 Å². The molecule has 1 amide bonds. The Morgan fingerprint density at radius 2 is 1.84 bits per heavy atom. The lowest BCUT2D eigenvalue weighted by atomic mass is 10.2. The van der Waals surface area contributed by atoms with Crippen molar-refractivity contribution >= 4 is 44.9 Å². The zero-order valence-electron chi connectivity index (χ0n) is 17.3. The van der Waals surface area contributed by atoms with Crippen LogP contribution >= 0.6 is 22.9 Å². The zero-order valence-corrected chi connectivity index (χ0v) is 19.7. The van der Waals surface area contributed by atoms with Crippen LogP contribution < -0.4 is 0 Å². The molecule has 0 aliphatic carbocycles. The highest BCUT2D eigenvalue weighted by Gasteiger charge is 2.29. The van der Waals surface area contributed by atoms with Gasteiger partial charge in [-0.3, -0.25) is 9.78 Å². The molecule has 10 heteroatoms. The maximum Gasteiger partial charge on any atom is 0.265 e. The molecule has 4 rings (SSSR count). The third-order valence-corrected chi connectivity index (χ3v) is 8.08. The highest BCUT2D eigenvalue weighted by Crippen LogP contribution is 2.28. The van der Waals surface area contributed by atoms with E-state index in [4.69, 9.17) is 11.6 Å². The summed E-state index contributed by atoms with van der Waals surface area (Å²) in [4.78, 5) is 23.9. The van der Waals surface area contributed by atoms with Gasteiger partial charge in [-0.1, -0.05) is 23.7 Å². The van der Waals surface area contributed by atoms with E-state index in [2.05, 4.69) is 9.97 Å². The van der Waals surface area contributed by atoms with Crippen LogP contribution in [0.4, 0.5) is 0 Å². The van der Waals surface area contributed by atoms with Crippen LogP contribution in [0.5, 0.6) is 0 Å². The number of piperazine rings is 1. The van der Waals surface area contributed by atoms with Crippen molar-refractivity contribution in [2.45, 2.75) is 6.92 Å². The Bertz CT molecular complexity index is 1250. The van der Waals surface area contributed by atoms with Crippen molar-refractivity contribution in [3.8, 4) is 10.6 Å². The topological polar surface area (TPSA) is 83.5 Å². The number of carbonyl (C=O) groups is 1. The lowest BCUT2D eigenvalue weighted by Gasteiger charge is -2.33. The summed E-state index contributed by atoms with van der Waals surface area (Å²) in [5.41, 5.74) is 2.29. The first-order chi connectivity index (χ1) is 15.3. The van der Waals surface area contributed by atoms with Gasteiger partial charge in [0.15, 0.2) is 0 Å². The molecule has 166 valence electrons. The van der Waals surface area contributed by atoms with Gasteiger partial charge in [0.1, 0.15) is 9.88 Å². The summed E-state index contributed by atoms with van der Waals surface area (Å²) in [7, 11) is -3.59. The van der Waals surface area contributed by atoms with Gasteiger partial charge in [0.05, 0.1) is 5.69 Å². The molecule has 0 atom stereocenters. The van der Waals surface area contributed by atoms with Crippen molar-refractivity contribution in [3.05, 3.63) is 75.4 Å². The number of benzene rings is 1. The van der Waals surface area contributed by atoms with Gasteiger partial charge in [-0.15, -0.1) is 11.3 Å². The first kappa shape index (κ1) is 22.6. The van der Waals surface area contributed by atoms with Crippen molar-refractivity contribution in [1.82, 2.24) is 19.2 Å². The minimum atomic E-state index is -3.59. The fourth-order valence-corrected chi connectivity index (χ4v) is 5.77. The molecule has 1 saturated heterocycles. The molecule has 32 heavy (non-hydrogen) atoms. The molecule has 1 fully saturated rings. The zero-order chi connectivity index (χ0) is 22.7. The molecule has 1 aliphatic heterocycles. The van der Waals surface area contributed by atoms with Crippen LogP contribution in [0.2, 0.25) is 5.02 Å². The largest absolute Gasteiger partial charge is 0.335 e. The molecule has 1 aliphatic rings. The van der Waals surface area contributed by atoms with Crippen LogP contribution in [0.1, 0.15) is 20.9 Å². The smallest absolute Gasteiger partial charge is 0.265 e. The Kier molecular flexibility index (Phi) is 6.71. The standard InChI is InChI=1S/C22H21ClN4O3S2/c1-16-20(31-21(25-16)18-5-8-24-9-6-18)22(28)26-10-12-27(13-11-26)32(29,30)14-7-17-3-2-4-19(23)15-17/h2-9,14-15H,10-13H2,1H3/b14-7+. The minimum Gasteiger partial charge on any atom is -0.335 e. The number of thiazole rings is 1. The molecule has 1 aromatic carbocycles. The lowest BCUT2D eigenvalue weighted by Crippen LogP contribution is -2.50. The molecule has 3 heterocycles. The van der Waals surface area contributed by atoms with Gasteiger partial charge in [0.2, 0.25) is 10.0 Å². The Balaban J connectivity index is 1.41. The van der Waals surface area contributed by atoms with Gasteiger partial charge >= 0.3 is 0 Å². The lowest BCUT2D eigenvalue weighted by molar-refractivity contribution is 0.0702. The third kappa shape index (κ3) is 5.07. The van der Waals surface area contributed by atoms with Crippen LogP contribution in [0.3, 0.4) is 0 Å². The average molecular weight is 489 g/mol. The predicted octanol–water partition coefficient (Wildman–Crippen LogP) is 3.93. The number of aromatic nitrogens is 2. The number of halogens is 1. The molecule has 3 aromatic rings. The number of sulfonamides is 1. The summed E-state index contributed by atoms with van der Waals surface area (Å²) in [5.74, 6) is -0.119. The molecule has 0 saturated carbocycles. The summed E-state index contributed by atoms with van der Waals surface area (Å²) in [5, 5.41) is 2.49. The van der Waals surface area contributed by atoms with E-state index in [1.807, 2.05) is 19.1 Å². The van der Waals surface area contributed by atoms with Crippen molar-refractivity contribution in [2.24, 2.45) is 0 Å². The second-order valence-electron chi connectivity index (χ2n) is 7.26. The SMILES string of the molecule is Cc1nc(-c2ccncc2)sc1C(=O)N1CCN(S(=O)(=O)/C=C/c2cccc(Cl)c2)CC1. The third-order valence-electron chi connectivity index (χ3n) is 5.08. The van der Waals surface area contributed by atoms with Crippen molar-refractivity contribution in [3.63, 3.8) is 0 Å². The minimum absolute atomic E-state index is 0.119. The van der Waals surface area contributed by atoms with Gasteiger partial charge in [0.25, 0.3) is 5.91 Å². The first-order valence-corrected chi connectivity index (χ1v) is 12.6. The highest BCUT2D eigenvalue weighted by atomic mass is 35.5. The second kappa shape index (κ2) is 9.50. The quantitative estimate of drug-likeness (QED) is 0.543. The number of pyridine rings is 1. The molecular weight excluding hydrogens is 468 g/mol. The van der Waals surface area contributed by atoms with E-state index in [9.17, 15) is 13.2 Å². The fourth-order valence-electron chi connectivity index (χ4n) is 3.36. The summed E-state index contributed by atoms with van der Waals surface area (Å²) < 4.78 is 26.8. The average Bonchev–Trinajstić information content (AvgIpc) is 3.20. The Labute approximate surface area is 196 Å². The van der Waals surface area contributed by atoms with Crippen molar-refractivity contribution in [2.75, 3.05) is 26.2 Å². The van der Waals surface area contributed by atoms with E-state index in [0.29, 0.717) is 34.2 Å². The van der Waals surface area contributed by atoms with Crippen LogP contribution in [0.15, 0.2) is 54.2 Å². The summed E-state index contributed by atoms with van der Waals surface area (Å²) in [6.45, 7) is 2.94. The summed E-state index contributed by atoms with van der Waals surface area (Å²) >= 11 is 7.29. The van der Waals surface area contributed by atoms with Crippen LogP contribution in [0.25, 0.3) is 16.6 Å². The van der Waals surface area contributed by atoms with Crippen molar-refractivity contribution in [1.29, 1.82) is 0 Å². The van der Waals surface area contributed by atoms with Crippen LogP contribution in [-0.4, -0.2) is 59.7 Å². The number of hydrogen-bond acceptors (Lipinski definition) is 6. The molecule has 7 nitrogen and oxygen atoms in total. The van der Waals surface area contributed by atoms with E-state index in [0.717, 1.165) is 10.6 Å². The van der Waals surface area contributed by atoms with E-state index < -0.39 is 10.0 Å². The molecule has 0 radical (unpaired) electrons. The van der Waals surface area contributed by atoms with Gasteiger partial charge in [-0.05, 0) is 42.8 Å². The Morgan fingerprint density at radius 3 is 2.53 bits per heavy atom. The molecule has 0 spiro atoms. The second-order valence-corrected chi connectivity index (χ2v) is 10.5. The number of rotatable bonds is 5. The predicted molar refractivity (Wildman–Crippen MR) is 127 cm³/mol. The molecule has 0 bridgehead atoms. The monoisotopic (exact) mass is 488 g/mol. The Hall–Kier alpha value is -2.59. The molecular formula is C22H21ClN4O3S2. The van der Waals surface area contributed by atoms with Gasteiger partial charge in [-0.2, -0.15) is 4.31 Å². The molecule has 2 aromatic heterocycles. The van der Waals surface area contributed by atoms with Gasteiger partial charge in [-0.25, -0.2) is 13.4 Å². The highest BCUT2D eigenvalue weighted by molar-refractivity contribution is 7.92. The fraction of sp³-hybridized carbons (Fsp3) is 0.227. The van der Waals surface area contributed by atoms with Crippen LogP contribution in [0, 0.1) is 6.92 Å². The van der Waals surface area contributed by atoms with E-state index in [1.165, 1.54) is 27.1 Å². The van der Waals surface area contributed by atoms with E-state index >= 15 is 0 Å². The number of aryl methyl sites for hydroxylation is 1. The first-order valence-electron chi connectivity index (χ1n) is 9.94. The number of amides is 1. The summed E-state index contributed by atoms with van der Waals surface area (Å²) in [6, 6.07) is 10.7.